The van der Waals surface area contributed by atoms with Crippen LogP contribution in [-0.2, 0) is 16.4 Å². The third kappa shape index (κ3) is 4.59. The number of amidine groups is 1. The van der Waals surface area contributed by atoms with Gasteiger partial charge in [0, 0.05) is 18.8 Å². The predicted molar refractivity (Wildman–Crippen MR) is 129 cm³/mol. The number of halogens is 3. The van der Waals surface area contributed by atoms with Crippen LogP contribution >= 0.6 is 0 Å². The van der Waals surface area contributed by atoms with Crippen LogP contribution in [0.25, 0.3) is 0 Å². The number of aliphatic hydroxyl groups is 1. The zero-order chi connectivity index (χ0) is 25.5. The van der Waals surface area contributed by atoms with Crippen molar-refractivity contribution in [3.05, 3.63) is 76.5 Å². The fourth-order valence-corrected chi connectivity index (χ4v) is 5.05. The summed E-state index contributed by atoms with van der Waals surface area (Å²) in [4.78, 5) is 19.4. The maximum absolute atomic E-state index is 13.1. The molecule has 2 heterocycles. The summed E-state index contributed by atoms with van der Waals surface area (Å²) < 4.78 is 44.6. The van der Waals surface area contributed by atoms with Gasteiger partial charge in [0.05, 0.1) is 24.6 Å². The molecule has 0 spiro atoms. The second-order valence-corrected chi connectivity index (χ2v) is 9.58. The van der Waals surface area contributed by atoms with Gasteiger partial charge in [0.15, 0.2) is 6.10 Å². The zero-order valence-corrected chi connectivity index (χ0v) is 19.9. The topological polar surface area (TPSA) is 74.2 Å². The molecule has 0 unspecified atom stereocenters. The SMILES string of the molecule is COc1cccc(C2(C3=NCC4=C(CCCN(C(=O)[C@H](O)c5cccc(C(F)(F)F)c5)C4)N3)CC2)c1. The van der Waals surface area contributed by atoms with Gasteiger partial charge in [-0.1, -0.05) is 24.3 Å². The third-order valence-electron chi connectivity index (χ3n) is 7.26. The molecule has 0 saturated heterocycles. The second kappa shape index (κ2) is 9.28. The highest BCUT2D eigenvalue weighted by Gasteiger charge is 2.50. The van der Waals surface area contributed by atoms with E-state index in [1.54, 1.807) is 7.11 Å². The van der Waals surface area contributed by atoms with Crippen LogP contribution in [0, 0.1) is 0 Å². The predicted octanol–water partition coefficient (Wildman–Crippen LogP) is 4.36. The van der Waals surface area contributed by atoms with Gasteiger partial charge in [0.1, 0.15) is 11.6 Å². The number of hydrogen-bond donors (Lipinski definition) is 2. The first-order valence-corrected chi connectivity index (χ1v) is 12.0. The molecule has 2 aromatic carbocycles. The third-order valence-corrected chi connectivity index (χ3v) is 7.26. The summed E-state index contributed by atoms with van der Waals surface area (Å²) in [6.45, 7) is 1.12. The molecule has 190 valence electrons. The number of aliphatic hydroxyl groups excluding tert-OH is 1. The normalized spacial score (nSPS) is 20.0. The quantitative estimate of drug-likeness (QED) is 0.641. The van der Waals surface area contributed by atoms with E-state index in [2.05, 4.69) is 11.4 Å². The summed E-state index contributed by atoms with van der Waals surface area (Å²) in [6.07, 6.45) is -2.83. The van der Waals surface area contributed by atoms with Gasteiger partial charge >= 0.3 is 6.18 Å². The van der Waals surface area contributed by atoms with Crippen LogP contribution in [0.1, 0.15) is 48.5 Å². The fraction of sp³-hybridized carbons (Fsp3) is 0.407. The standard InChI is InChI=1S/C27H28F3N3O3/c1-36-21-8-3-6-19(14-21)26(10-11-26)25-31-15-18-16-33(12-4-9-22(18)32-25)24(35)23(34)17-5-2-7-20(13-17)27(28,29)30/h2-3,5-8,13-14,23,34H,4,9-12,15-16H2,1H3,(H,31,32)/t23-/m1/s1. The van der Waals surface area contributed by atoms with Crippen LogP contribution in [0.2, 0.25) is 0 Å². The molecule has 2 aromatic rings. The second-order valence-electron chi connectivity index (χ2n) is 9.58. The number of aliphatic imine (C=N–C) groups is 1. The minimum absolute atomic E-state index is 0.0654. The number of allylic oxidation sites excluding steroid dienone is 1. The Kier molecular flexibility index (Phi) is 6.28. The number of methoxy groups -OCH3 is 1. The van der Waals surface area contributed by atoms with Crippen LogP contribution in [0.5, 0.6) is 5.75 Å². The first kappa shape index (κ1) is 24.4. The Labute approximate surface area is 207 Å². The van der Waals surface area contributed by atoms with Crippen LogP contribution in [-0.4, -0.2) is 48.5 Å². The monoisotopic (exact) mass is 499 g/mol. The molecule has 9 heteroatoms. The molecule has 0 radical (unpaired) electrons. The summed E-state index contributed by atoms with van der Waals surface area (Å²) in [6, 6.07) is 12.3. The van der Waals surface area contributed by atoms with Gasteiger partial charge in [-0.3, -0.25) is 9.79 Å². The molecule has 1 aliphatic carbocycles. The summed E-state index contributed by atoms with van der Waals surface area (Å²) >= 11 is 0. The number of alkyl halides is 3. The van der Waals surface area contributed by atoms with Crippen molar-refractivity contribution in [1.29, 1.82) is 0 Å². The van der Waals surface area contributed by atoms with E-state index in [0.29, 0.717) is 19.5 Å². The number of ether oxygens (including phenoxy) is 1. The molecule has 0 aromatic heterocycles. The molecule has 5 rings (SSSR count). The van der Waals surface area contributed by atoms with E-state index in [0.717, 1.165) is 59.8 Å². The van der Waals surface area contributed by atoms with Crippen molar-refractivity contribution < 1.29 is 27.8 Å². The zero-order valence-electron chi connectivity index (χ0n) is 19.9. The van der Waals surface area contributed by atoms with E-state index in [1.807, 2.05) is 18.2 Å². The molecule has 3 aliphatic rings. The molecule has 2 N–H and O–H groups in total. The number of carbonyl (C=O) groups excluding carboxylic acids is 1. The smallest absolute Gasteiger partial charge is 0.416 e. The minimum Gasteiger partial charge on any atom is -0.497 e. The lowest BCUT2D eigenvalue weighted by Gasteiger charge is -2.28. The average Bonchev–Trinajstić information content (AvgIpc) is 3.71. The fourth-order valence-electron chi connectivity index (χ4n) is 5.05. The van der Waals surface area contributed by atoms with E-state index in [1.165, 1.54) is 17.0 Å². The summed E-state index contributed by atoms with van der Waals surface area (Å²) in [7, 11) is 1.65. The Morgan fingerprint density at radius 2 is 1.97 bits per heavy atom. The van der Waals surface area contributed by atoms with Gasteiger partial charge in [-0.2, -0.15) is 13.2 Å². The van der Waals surface area contributed by atoms with E-state index in [9.17, 15) is 23.1 Å². The van der Waals surface area contributed by atoms with Crippen molar-refractivity contribution in [3.8, 4) is 5.75 Å². The molecular formula is C27H28F3N3O3. The van der Waals surface area contributed by atoms with Crippen LogP contribution < -0.4 is 10.1 Å². The van der Waals surface area contributed by atoms with Crippen molar-refractivity contribution >= 4 is 11.7 Å². The lowest BCUT2D eigenvalue weighted by molar-refractivity contribution is -0.141. The number of benzene rings is 2. The van der Waals surface area contributed by atoms with E-state index >= 15 is 0 Å². The Morgan fingerprint density at radius 1 is 1.19 bits per heavy atom. The van der Waals surface area contributed by atoms with Gasteiger partial charge in [-0.05, 0) is 66.6 Å². The lowest BCUT2D eigenvalue weighted by atomic mass is 9.92. The molecule has 2 aliphatic heterocycles. The number of nitrogens with zero attached hydrogens (tertiary/aromatic N) is 2. The van der Waals surface area contributed by atoms with Gasteiger partial charge < -0.3 is 20.1 Å². The molecular weight excluding hydrogens is 471 g/mol. The van der Waals surface area contributed by atoms with Crippen LogP contribution in [0.4, 0.5) is 13.2 Å². The van der Waals surface area contributed by atoms with Gasteiger partial charge in [-0.15, -0.1) is 0 Å². The number of carbonyl (C=O) groups is 1. The number of hydrogen-bond acceptors (Lipinski definition) is 5. The van der Waals surface area contributed by atoms with Crippen molar-refractivity contribution in [1.82, 2.24) is 10.2 Å². The Hall–Kier alpha value is -3.33. The summed E-state index contributed by atoms with van der Waals surface area (Å²) in [5, 5.41) is 14.2. The van der Waals surface area contributed by atoms with Gasteiger partial charge in [0.2, 0.25) is 0 Å². The van der Waals surface area contributed by atoms with E-state index < -0.39 is 23.8 Å². The van der Waals surface area contributed by atoms with Gasteiger partial charge in [-0.25, -0.2) is 0 Å². The molecule has 6 nitrogen and oxygen atoms in total. The van der Waals surface area contributed by atoms with Crippen molar-refractivity contribution in [2.24, 2.45) is 4.99 Å². The molecule has 36 heavy (non-hydrogen) atoms. The highest BCUT2D eigenvalue weighted by molar-refractivity contribution is 5.98. The highest BCUT2D eigenvalue weighted by atomic mass is 19.4. The van der Waals surface area contributed by atoms with Crippen molar-refractivity contribution in [3.63, 3.8) is 0 Å². The first-order valence-electron chi connectivity index (χ1n) is 12.0. The molecule has 1 atom stereocenters. The first-order chi connectivity index (χ1) is 17.2. The largest absolute Gasteiger partial charge is 0.497 e. The summed E-state index contributed by atoms with van der Waals surface area (Å²) in [5.41, 5.74) is 2.04. The number of rotatable bonds is 5. The van der Waals surface area contributed by atoms with Gasteiger partial charge in [0.25, 0.3) is 5.91 Å². The minimum atomic E-state index is -4.55. The molecule has 0 bridgehead atoms. The van der Waals surface area contributed by atoms with Crippen LogP contribution in [0.15, 0.2) is 64.8 Å². The molecule has 1 fully saturated rings. The Morgan fingerprint density at radius 3 is 2.69 bits per heavy atom. The Bertz CT molecular complexity index is 1230. The maximum atomic E-state index is 13.1. The number of amides is 1. The van der Waals surface area contributed by atoms with Crippen LogP contribution in [0.3, 0.4) is 0 Å². The maximum Gasteiger partial charge on any atom is 0.416 e. The average molecular weight is 500 g/mol. The highest BCUT2D eigenvalue weighted by Crippen LogP contribution is 2.50. The Balaban J connectivity index is 1.30. The van der Waals surface area contributed by atoms with Crippen molar-refractivity contribution in [2.75, 3.05) is 26.7 Å². The number of nitrogens with one attached hydrogen (secondary N) is 1. The lowest BCUT2D eigenvalue weighted by Crippen LogP contribution is -2.40. The molecule has 1 saturated carbocycles. The summed E-state index contributed by atoms with van der Waals surface area (Å²) in [5.74, 6) is 1.13. The van der Waals surface area contributed by atoms with E-state index in [-0.39, 0.29) is 17.5 Å². The van der Waals surface area contributed by atoms with E-state index in [4.69, 9.17) is 9.73 Å². The van der Waals surface area contributed by atoms with Crippen molar-refractivity contribution in [2.45, 2.75) is 43.4 Å². The molecule has 1 amide bonds.